The Kier molecular flexibility index (Phi) is 4.46. The molecule has 0 unspecified atom stereocenters. The lowest BCUT2D eigenvalue weighted by molar-refractivity contribution is 0.558. The lowest BCUT2D eigenvalue weighted by Gasteiger charge is -2.23. The minimum Gasteiger partial charge on any atom is -0.315 e. The second-order valence-corrected chi connectivity index (χ2v) is 6.65. The number of allylic oxidation sites excluding steroid dienone is 2. The van der Waals surface area contributed by atoms with Gasteiger partial charge in [-0.15, -0.1) is 0 Å². The summed E-state index contributed by atoms with van der Waals surface area (Å²) in [4.78, 5) is 1.16. The van der Waals surface area contributed by atoms with Crippen molar-refractivity contribution in [2.75, 3.05) is 0 Å². The third kappa shape index (κ3) is 3.57. The second-order valence-electron chi connectivity index (χ2n) is 4.64. The van der Waals surface area contributed by atoms with E-state index in [-0.39, 0.29) is 5.82 Å². The zero-order chi connectivity index (χ0) is 14.7. The SMILES string of the molecule is Fc1cc(Br)ccc1CN1C=CC=C(c2ccccc2)S1. The summed E-state index contributed by atoms with van der Waals surface area (Å²) < 4.78 is 16.7. The Bertz CT molecular complexity index is 697. The van der Waals surface area contributed by atoms with Gasteiger partial charge < -0.3 is 4.31 Å². The maximum absolute atomic E-state index is 13.9. The van der Waals surface area contributed by atoms with Crippen molar-refractivity contribution >= 4 is 32.8 Å². The molecule has 0 bridgehead atoms. The fourth-order valence-corrected chi connectivity index (χ4v) is 3.37. The highest BCUT2D eigenvalue weighted by atomic mass is 79.9. The fourth-order valence-electron chi connectivity index (χ4n) is 2.07. The van der Waals surface area contributed by atoms with Crippen LogP contribution in [0.3, 0.4) is 0 Å². The maximum Gasteiger partial charge on any atom is 0.129 e. The zero-order valence-electron chi connectivity index (χ0n) is 11.2. The molecule has 0 aliphatic carbocycles. The van der Waals surface area contributed by atoms with Gasteiger partial charge in [0, 0.05) is 21.1 Å². The van der Waals surface area contributed by atoms with Crippen molar-refractivity contribution in [3.8, 4) is 0 Å². The summed E-state index contributed by atoms with van der Waals surface area (Å²) in [5, 5.41) is 0. The van der Waals surface area contributed by atoms with Crippen LogP contribution < -0.4 is 0 Å². The quantitative estimate of drug-likeness (QED) is 0.653. The molecule has 0 radical (unpaired) electrons. The van der Waals surface area contributed by atoms with Gasteiger partial charge >= 0.3 is 0 Å². The molecule has 0 saturated heterocycles. The van der Waals surface area contributed by atoms with Gasteiger partial charge in [0.15, 0.2) is 0 Å². The van der Waals surface area contributed by atoms with Gasteiger partial charge in [-0.3, -0.25) is 0 Å². The third-order valence-corrected chi connectivity index (χ3v) is 4.66. The average molecular weight is 362 g/mol. The van der Waals surface area contributed by atoms with Crippen molar-refractivity contribution in [3.63, 3.8) is 0 Å². The topological polar surface area (TPSA) is 3.24 Å². The van der Waals surface area contributed by atoms with Gasteiger partial charge in [-0.05, 0) is 41.8 Å². The van der Waals surface area contributed by atoms with E-state index in [0.29, 0.717) is 12.1 Å². The van der Waals surface area contributed by atoms with Crippen LogP contribution in [0.4, 0.5) is 4.39 Å². The Morgan fingerprint density at radius 1 is 1.10 bits per heavy atom. The van der Waals surface area contributed by atoms with Crippen LogP contribution in [0, 0.1) is 5.82 Å². The molecule has 1 heterocycles. The van der Waals surface area contributed by atoms with E-state index in [2.05, 4.69) is 34.1 Å². The summed E-state index contributed by atoms with van der Waals surface area (Å²) in [5.41, 5.74) is 1.86. The van der Waals surface area contributed by atoms with Crippen LogP contribution in [0.15, 0.2) is 71.4 Å². The van der Waals surface area contributed by atoms with Crippen molar-refractivity contribution in [2.45, 2.75) is 6.54 Å². The third-order valence-electron chi connectivity index (χ3n) is 3.12. The first kappa shape index (κ1) is 14.4. The van der Waals surface area contributed by atoms with E-state index in [0.717, 1.165) is 9.38 Å². The highest BCUT2D eigenvalue weighted by Crippen LogP contribution is 2.35. The Balaban J connectivity index is 1.74. The largest absolute Gasteiger partial charge is 0.315 e. The molecule has 2 aromatic rings. The van der Waals surface area contributed by atoms with Crippen LogP contribution in [0.25, 0.3) is 4.91 Å². The van der Waals surface area contributed by atoms with E-state index < -0.39 is 0 Å². The molecular weight excluding hydrogens is 349 g/mol. The van der Waals surface area contributed by atoms with Crippen LogP contribution in [0.1, 0.15) is 11.1 Å². The lowest BCUT2D eigenvalue weighted by atomic mass is 10.2. The monoisotopic (exact) mass is 361 g/mol. The molecule has 0 N–H and O–H groups in total. The van der Waals surface area contributed by atoms with E-state index in [1.165, 1.54) is 11.6 Å². The van der Waals surface area contributed by atoms with Crippen molar-refractivity contribution < 1.29 is 4.39 Å². The highest BCUT2D eigenvalue weighted by Gasteiger charge is 2.13. The number of nitrogens with zero attached hydrogens (tertiary/aromatic N) is 1. The first-order chi connectivity index (χ1) is 10.2. The van der Waals surface area contributed by atoms with Gasteiger partial charge in [0.05, 0.1) is 6.54 Å². The second kappa shape index (κ2) is 6.50. The molecule has 0 aromatic heterocycles. The van der Waals surface area contributed by atoms with Crippen LogP contribution in [-0.2, 0) is 6.54 Å². The predicted octanol–water partition coefficient (Wildman–Crippen LogP) is 5.61. The van der Waals surface area contributed by atoms with Crippen molar-refractivity contribution in [1.82, 2.24) is 4.31 Å². The number of hydrogen-bond donors (Lipinski definition) is 0. The molecule has 0 saturated carbocycles. The van der Waals surface area contributed by atoms with Gasteiger partial charge in [-0.2, -0.15) is 0 Å². The van der Waals surface area contributed by atoms with Gasteiger partial charge in [0.2, 0.25) is 0 Å². The van der Waals surface area contributed by atoms with Gasteiger partial charge in [0.1, 0.15) is 5.82 Å². The van der Waals surface area contributed by atoms with E-state index in [4.69, 9.17) is 0 Å². The van der Waals surface area contributed by atoms with Gasteiger partial charge in [-0.1, -0.05) is 52.3 Å². The van der Waals surface area contributed by atoms with Gasteiger partial charge in [0.25, 0.3) is 0 Å². The first-order valence-corrected chi connectivity index (χ1v) is 8.11. The summed E-state index contributed by atoms with van der Waals surface area (Å²) >= 11 is 4.90. The molecule has 21 heavy (non-hydrogen) atoms. The van der Waals surface area contributed by atoms with Crippen LogP contribution in [0.5, 0.6) is 0 Å². The summed E-state index contributed by atoms with van der Waals surface area (Å²) in [6, 6.07) is 15.4. The minimum atomic E-state index is -0.186. The Hall–Kier alpha value is -1.52. The standard InChI is InChI=1S/C17H13BrFNS/c18-15-9-8-14(16(19)11-15)12-20-10-4-7-17(21-20)13-5-2-1-3-6-13/h1-11H,12H2. The fraction of sp³-hybridized carbons (Fsp3) is 0.0588. The zero-order valence-corrected chi connectivity index (χ0v) is 13.6. The normalized spacial score (nSPS) is 14.2. The number of rotatable bonds is 3. The summed E-state index contributed by atoms with van der Waals surface area (Å²) in [7, 11) is 0. The van der Waals surface area contributed by atoms with E-state index in [1.54, 1.807) is 11.9 Å². The lowest BCUT2D eigenvalue weighted by Crippen LogP contribution is -2.11. The summed E-state index contributed by atoms with van der Waals surface area (Å²) in [6.45, 7) is 0.532. The van der Waals surface area contributed by atoms with Crippen LogP contribution >= 0.6 is 27.9 Å². The molecule has 0 fully saturated rings. The molecule has 1 aliphatic rings. The van der Waals surface area contributed by atoms with Crippen LogP contribution in [-0.4, -0.2) is 4.31 Å². The molecule has 0 atom stereocenters. The molecular formula is C17H13BrFNS. The minimum absolute atomic E-state index is 0.186. The van der Waals surface area contributed by atoms with Crippen molar-refractivity contribution in [2.24, 2.45) is 0 Å². The van der Waals surface area contributed by atoms with E-state index in [1.807, 2.05) is 46.9 Å². The van der Waals surface area contributed by atoms with Gasteiger partial charge in [-0.25, -0.2) is 4.39 Å². The molecule has 0 amide bonds. The van der Waals surface area contributed by atoms with Crippen molar-refractivity contribution in [3.05, 3.63) is 88.3 Å². The predicted molar refractivity (Wildman–Crippen MR) is 90.8 cm³/mol. The van der Waals surface area contributed by atoms with Crippen LogP contribution in [0.2, 0.25) is 0 Å². The first-order valence-electron chi connectivity index (χ1n) is 6.55. The molecule has 1 aliphatic heterocycles. The maximum atomic E-state index is 13.9. The molecule has 3 rings (SSSR count). The molecule has 0 spiro atoms. The van der Waals surface area contributed by atoms with E-state index >= 15 is 0 Å². The smallest absolute Gasteiger partial charge is 0.129 e. The summed E-state index contributed by atoms with van der Waals surface area (Å²) in [5.74, 6) is -0.186. The van der Waals surface area contributed by atoms with E-state index in [9.17, 15) is 4.39 Å². The molecule has 4 heteroatoms. The number of hydrogen-bond acceptors (Lipinski definition) is 2. The Morgan fingerprint density at radius 3 is 2.67 bits per heavy atom. The Labute approximate surface area is 136 Å². The molecule has 106 valence electrons. The highest BCUT2D eigenvalue weighted by molar-refractivity contribution is 9.10. The average Bonchev–Trinajstić information content (AvgIpc) is 2.51. The molecule has 1 nitrogen and oxygen atoms in total. The number of halogens is 2. The summed E-state index contributed by atoms with van der Waals surface area (Å²) in [6.07, 6.45) is 6.04. The Morgan fingerprint density at radius 2 is 1.90 bits per heavy atom. The molecule has 2 aromatic carbocycles. The van der Waals surface area contributed by atoms with Crippen molar-refractivity contribution in [1.29, 1.82) is 0 Å². The number of benzene rings is 2.